The van der Waals surface area contributed by atoms with E-state index < -0.39 is 0 Å². The van der Waals surface area contributed by atoms with Crippen molar-refractivity contribution in [2.75, 3.05) is 0 Å². The van der Waals surface area contributed by atoms with Crippen molar-refractivity contribution >= 4 is 39.1 Å². The van der Waals surface area contributed by atoms with Gasteiger partial charge in [0.15, 0.2) is 4.34 Å². The molecule has 92 valence electrons. The maximum atomic E-state index is 12.1. The van der Waals surface area contributed by atoms with E-state index in [4.69, 9.17) is 0 Å². The molecular formula is C14H13NOS2. The second kappa shape index (κ2) is 4.07. The third kappa shape index (κ3) is 1.62. The number of ketones is 1. The first-order chi connectivity index (χ1) is 8.81. The Hall–Kier alpha value is -0.870. The van der Waals surface area contributed by atoms with Crippen molar-refractivity contribution in [2.45, 2.75) is 28.9 Å². The zero-order valence-corrected chi connectivity index (χ0v) is 11.5. The molecular weight excluding hydrogens is 262 g/mol. The van der Waals surface area contributed by atoms with Gasteiger partial charge in [-0.2, -0.15) is 0 Å². The summed E-state index contributed by atoms with van der Waals surface area (Å²) in [7, 11) is 0. The van der Waals surface area contributed by atoms with Crippen molar-refractivity contribution in [2.24, 2.45) is 11.8 Å². The number of aromatic nitrogens is 1. The number of rotatable bonds is 2. The fourth-order valence-corrected chi connectivity index (χ4v) is 5.77. The first-order valence-electron chi connectivity index (χ1n) is 6.37. The number of nitrogens with zero attached hydrogens (tertiary/aromatic N) is 1. The monoisotopic (exact) mass is 275 g/mol. The quantitative estimate of drug-likeness (QED) is 0.836. The van der Waals surface area contributed by atoms with Gasteiger partial charge in [-0.1, -0.05) is 23.9 Å². The highest BCUT2D eigenvalue weighted by atomic mass is 32.2. The zero-order valence-electron chi connectivity index (χ0n) is 9.83. The Bertz CT molecular complexity index is 588. The molecule has 18 heavy (non-hydrogen) atoms. The number of thiazole rings is 1. The van der Waals surface area contributed by atoms with Gasteiger partial charge in [0.25, 0.3) is 0 Å². The summed E-state index contributed by atoms with van der Waals surface area (Å²) in [6, 6.07) is 8.19. The van der Waals surface area contributed by atoms with Gasteiger partial charge in [0.05, 0.1) is 15.5 Å². The summed E-state index contributed by atoms with van der Waals surface area (Å²) in [6.45, 7) is 0. The summed E-state index contributed by atoms with van der Waals surface area (Å²) in [6.07, 6.45) is 3.49. The van der Waals surface area contributed by atoms with Crippen LogP contribution in [0.2, 0.25) is 0 Å². The molecule has 3 unspecified atom stereocenters. The molecule has 2 nitrogen and oxygen atoms in total. The molecule has 0 radical (unpaired) electrons. The van der Waals surface area contributed by atoms with E-state index in [0.717, 1.165) is 22.7 Å². The normalized spacial score (nSPS) is 30.4. The molecule has 2 bridgehead atoms. The Morgan fingerprint density at radius 3 is 2.94 bits per heavy atom. The molecule has 2 aliphatic rings. The minimum Gasteiger partial charge on any atom is -0.298 e. The van der Waals surface area contributed by atoms with Gasteiger partial charge in [-0.25, -0.2) is 4.98 Å². The average Bonchev–Trinajstić information content (AvgIpc) is 3.05. The van der Waals surface area contributed by atoms with E-state index >= 15 is 0 Å². The Morgan fingerprint density at radius 2 is 2.17 bits per heavy atom. The third-order valence-electron chi connectivity index (χ3n) is 4.09. The van der Waals surface area contributed by atoms with Crippen LogP contribution in [-0.4, -0.2) is 16.0 Å². The number of carbonyl (C=O) groups excluding carboxylic acids is 1. The SMILES string of the molecule is O=C1C2CCC(C2)C1Sc1nc2ccccc2s1. The third-order valence-corrected chi connectivity index (χ3v) is 6.62. The summed E-state index contributed by atoms with van der Waals surface area (Å²) in [5.74, 6) is 1.46. The van der Waals surface area contributed by atoms with Crippen LogP contribution in [0.5, 0.6) is 0 Å². The average molecular weight is 275 g/mol. The minimum atomic E-state index is 0.185. The molecule has 3 atom stereocenters. The molecule has 4 heteroatoms. The van der Waals surface area contributed by atoms with Gasteiger partial charge in [0.1, 0.15) is 5.78 Å². The Morgan fingerprint density at radius 1 is 1.28 bits per heavy atom. The number of Topliss-reactive ketones (excluding diaryl/α,β-unsaturated/α-hetero) is 1. The molecule has 2 aromatic rings. The molecule has 1 aromatic heterocycles. The van der Waals surface area contributed by atoms with Crippen molar-refractivity contribution in [1.29, 1.82) is 0 Å². The first kappa shape index (κ1) is 11.0. The number of hydrogen-bond donors (Lipinski definition) is 0. The number of carbonyl (C=O) groups is 1. The van der Waals surface area contributed by atoms with Crippen LogP contribution in [0.15, 0.2) is 28.6 Å². The summed E-state index contributed by atoms with van der Waals surface area (Å²) < 4.78 is 2.28. The lowest BCUT2D eigenvalue weighted by molar-refractivity contribution is -0.121. The molecule has 2 fully saturated rings. The van der Waals surface area contributed by atoms with E-state index in [1.54, 1.807) is 23.1 Å². The maximum Gasteiger partial charge on any atom is 0.151 e. The van der Waals surface area contributed by atoms with Crippen molar-refractivity contribution in [3.05, 3.63) is 24.3 Å². The maximum absolute atomic E-state index is 12.1. The zero-order chi connectivity index (χ0) is 12.1. The lowest BCUT2D eigenvalue weighted by atomic mass is 9.99. The van der Waals surface area contributed by atoms with Crippen LogP contribution < -0.4 is 0 Å². The van der Waals surface area contributed by atoms with Crippen LogP contribution in [0, 0.1) is 11.8 Å². The highest BCUT2D eigenvalue weighted by Crippen LogP contribution is 2.49. The van der Waals surface area contributed by atoms with E-state index in [0.29, 0.717) is 17.6 Å². The van der Waals surface area contributed by atoms with Gasteiger partial charge in [0.2, 0.25) is 0 Å². The predicted molar refractivity (Wildman–Crippen MR) is 75.1 cm³/mol. The van der Waals surface area contributed by atoms with Crippen molar-refractivity contribution in [3.8, 4) is 0 Å². The van der Waals surface area contributed by atoms with Crippen LogP contribution in [0.1, 0.15) is 19.3 Å². The van der Waals surface area contributed by atoms with Gasteiger partial charge in [-0.15, -0.1) is 11.3 Å². The fraction of sp³-hybridized carbons (Fsp3) is 0.429. The molecule has 0 spiro atoms. The molecule has 4 rings (SSSR count). The summed E-state index contributed by atoms with van der Waals surface area (Å²) >= 11 is 3.42. The topological polar surface area (TPSA) is 30.0 Å². The van der Waals surface area contributed by atoms with Gasteiger partial charge in [-0.3, -0.25) is 4.79 Å². The smallest absolute Gasteiger partial charge is 0.151 e. The largest absolute Gasteiger partial charge is 0.298 e. The van der Waals surface area contributed by atoms with E-state index in [-0.39, 0.29) is 5.25 Å². The molecule has 1 aromatic carbocycles. The highest BCUT2D eigenvalue weighted by Gasteiger charge is 2.47. The van der Waals surface area contributed by atoms with Crippen molar-refractivity contribution in [3.63, 3.8) is 0 Å². The second-order valence-corrected chi connectivity index (χ2v) is 7.58. The van der Waals surface area contributed by atoms with Gasteiger partial charge in [0, 0.05) is 5.92 Å². The number of hydrogen-bond acceptors (Lipinski definition) is 4. The Labute approximate surface area is 114 Å². The molecule has 2 saturated carbocycles. The highest BCUT2D eigenvalue weighted by molar-refractivity contribution is 8.02. The molecule has 0 aliphatic heterocycles. The predicted octanol–water partition coefficient (Wildman–Crippen LogP) is 3.76. The molecule has 0 N–H and O–H groups in total. The standard InChI is InChI=1S/C14H13NOS2/c16-12-8-5-6-9(7-8)13(12)18-14-15-10-3-1-2-4-11(10)17-14/h1-4,8-9,13H,5-7H2. The lowest BCUT2D eigenvalue weighted by Gasteiger charge is -2.18. The van der Waals surface area contributed by atoms with E-state index in [1.165, 1.54) is 11.1 Å². The van der Waals surface area contributed by atoms with E-state index in [2.05, 4.69) is 11.1 Å². The van der Waals surface area contributed by atoms with Crippen LogP contribution in [-0.2, 0) is 4.79 Å². The summed E-state index contributed by atoms with van der Waals surface area (Å²) in [5, 5.41) is 0.185. The second-order valence-electron chi connectivity index (χ2n) is 5.16. The molecule has 0 amide bonds. The van der Waals surface area contributed by atoms with E-state index in [9.17, 15) is 4.79 Å². The Kier molecular flexibility index (Phi) is 2.49. The van der Waals surface area contributed by atoms with Gasteiger partial charge >= 0.3 is 0 Å². The Balaban J connectivity index is 1.63. The number of fused-ring (bicyclic) bond motifs is 3. The van der Waals surface area contributed by atoms with Crippen molar-refractivity contribution in [1.82, 2.24) is 4.98 Å². The summed E-state index contributed by atoms with van der Waals surface area (Å²) in [5.41, 5.74) is 1.06. The molecule has 0 saturated heterocycles. The van der Waals surface area contributed by atoms with Crippen LogP contribution in [0.25, 0.3) is 10.2 Å². The van der Waals surface area contributed by atoms with Gasteiger partial charge in [-0.05, 0) is 37.3 Å². The van der Waals surface area contributed by atoms with Crippen LogP contribution in [0.4, 0.5) is 0 Å². The number of thioether (sulfide) groups is 1. The minimum absolute atomic E-state index is 0.185. The number of para-hydroxylation sites is 1. The molecule has 1 heterocycles. The fourth-order valence-electron chi connectivity index (χ4n) is 3.18. The van der Waals surface area contributed by atoms with Gasteiger partial charge < -0.3 is 0 Å². The van der Waals surface area contributed by atoms with Crippen LogP contribution in [0.3, 0.4) is 0 Å². The lowest BCUT2D eigenvalue weighted by Crippen LogP contribution is -2.24. The van der Waals surface area contributed by atoms with E-state index in [1.807, 2.05) is 18.2 Å². The van der Waals surface area contributed by atoms with Crippen molar-refractivity contribution < 1.29 is 4.79 Å². The van der Waals surface area contributed by atoms with Crippen LogP contribution >= 0.6 is 23.1 Å². The number of benzene rings is 1. The molecule has 2 aliphatic carbocycles. The first-order valence-corrected chi connectivity index (χ1v) is 8.07. The summed E-state index contributed by atoms with van der Waals surface area (Å²) in [4.78, 5) is 16.8.